The van der Waals surface area contributed by atoms with Crippen LogP contribution in [0.4, 0.5) is 0 Å². The number of fused-ring (bicyclic) bond motifs is 4. The monoisotopic (exact) mass is 996 g/mol. The standard InChI is InChI=1S/C32H30N3O.C18H24GeN.Ir/c1-18(2)25-14-20(5)15-26(19(3)4)30(25)35-29-21(6)16-33-17-27(29)34-32(35)24-12-9-11-23-22-10-7-8-13-28(22)36-31(23)24;1-13(2)16-11-18(15-9-7-14(3)8-10-15)20-12-17(16)19(4,5)6;/h7-11,13-19H,1-6H3;7-9,11-13H,1-6H3;/q2*-1;/i;3D3;. The number of imidazole rings is 1. The van der Waals surface area contributed by atoms with Gasteiger partial charge in [-0.3, -0.25) is 9.97 Å². The number of pyridine rings is 2. The Balaban J connectivity index is 0.000000219. The number of hydrogen-bond acceptors (Lipinski definition) is 4. The van der Waals surface area contributed by atoms with Gasteiger partial charge in [-0.25, -0.2) is 0 Å². The third kappa shape index (κ3) is 8.32. The number of furan rings is 1. The van der Waals surface area contributed by atoms with Crippen LogP contribution < -0.4 is 4.40 Å². The molecule has 57 heavy (non-hydrogen) atoms. The Morgan fingerprint density at radius 1 is 0.772 bits per heavy atom. The van der Waals surface area contributed by atoms with Crippen LogP contribution >= 0.6 is 0 Å². The van der Waals surface area contributed by atoms with Gasteiger partial charge in [0.05, 0.1) is 28.6 Å². The minimum absolute atomic E-state index is 0. The Morgan fingerprint density at radius 2 is 1.47 bits per heavy atom. The van der Waals surface area contributed by atoms with Crippen molar-refractivity contribution in [1.82, 2.24) is 19.5 Å². The van der Waals surface area contributed by atoms with Gasteiger partial charge in [0.1, 0.15) is 5.58 Å². The minimum atomic E-state index is -2.09. The van der Waals surface area contributed by atoms with Crippen molar-refractivity contribution in [2.24, 2.45) is 0 Å². The van der Waals surface area contributed by atoms with Crippen molar-refractivity contribution in [2.75, 3.05) is 0 Å². The van der Waals surface area contributed by atoms with Gasteiger partial charge in [0.25, 0.3) is 0 Å². The maximum absolute atomic E-state index is 7.44. The number of benzene rings is 4. The average Bonchev–Trinajstić information content (AvgIpc) is 3.76. The van der Waals surface area contributed by atoms with Crippen molar-refractivity contribution in [1.29, 1.82) is 0 Å². The van der Waals surface area contributed by atoms with E-state index in [1.807, 2.05) is 42.9 Å². The van der Waals surface area contributed by atoms with Gasteiger partial charge >= 0.3 is 130 Å². The van der Waals surface area contributed by atoms with Gasteiger partial charge in [0.15, 0.2) is 0 Å². The summed E-state index contributed by atoms with van der Waals surface area (Å²) in [4.78, 5) is 14.3. The Hall–Kier alpha value is -4.36. The van der Waals surface area contributed by atoms with Gasteiger partial charge in [0.2, 0.25) is 0 Å². The van der Waals surface area contributed by atoms with Gasteiger partial charge in [-0.1, -0.05) is 74.5 Å². The quantitative estimate of drug-likeness (QED) is 0.118. The molecule has 0 saturated carbocycles. The Bertz CT molecular complexity index is 2780. The smallest absolute Gasteiger partial charge is 0 e. The van der Waals surface area contributed by atoms with Crippen LogP contribution in [0.5, 0.6) is 0 Å². The Labute approximate surface area is 359 Å². The SMILES string of the molecule is Cc1cc(C(C)C)c(-n2c(-c3[c-]ccc4c3oc3ccccc34)nc3cncc(C)c32)c(C(C)C)c1.[2H]C([2H])([2H])c1c[c-]c(-c2cc(C(C)C)[c]([Ge]([CH3])([CH3])[CH3])cn2)cc1.[Ir]. The van der Waals surface area contributed by atoms with Gasteiger partial charge in [-0.05, 0) is 48.4 Å². The van der Waals surface area contributed by atoms with Crippen molar-refractivity contribution in [3.8, 4) is 28.3 Å². The van der Waals surface area contributed by atoms with E-state index in [4.69, 9.17) is 13.5 Å². The zero-order valence-corrected chi connectivity index (χ0v) is 39.4. The molecule has 0 atom stereocenters. The van der Waals surface area contributed by atoms with Crippen molar-refractivity contribution >= 4 is 50.6 Å². The molecule has 8 aromatic rings. The van der Waals surface area contributed by atoms with Crippen LogP contribution in [-0.2, 0) is 20.1 Å². The fourth-order valence-electron chi connectivity index (χ4n) is 7.71. The molecule has 295 valence electrons. The number of aryl methyl sites for hydroxylation is 3. The molecule has 0 bridgehead atoms. The van der Waals surface area contributed by atoms with Crippen LogP contribution in [0.3, 0.4) is 0 Å². The number of nitrogens with zero attached hydrogens (tertiary/aromatic N) is 4. The van der Waals surface area contributed by atoms with Crippen molar-refractivity contribution in [3.63, 3.8) is 0 Å². The molecular formula is C50H54GeIrN4O-2. The molecule has 0 aliphatic heterocycles. The van der Waals surface area contributed by atoms with E-state index in [1.165, 1.54) is 32.3 Å². The molecule has 1 radical (unpaired) electrons. The summed E-state index contributed by atoms with van der Waals surface area (Å²) in [5.74, 6) is 9.09. The molecule has 0 aliphatic rings. The normalized spacial score (nSPS) is 12.8. The van der Waals surface area contributed by atoms with E-state index in [2.05, 4.69) is 130 Å². The second kappa shape index (κ2) is 16.9. The second-order valence-corrected chi connectivity index (χ2v) is 27.5. The molecule has 0 amide bonds. The van der Waals surface area contributed by atoms with Crippen LogP contribution in [0.25, 0.3) is 61.3 Å². The summed E-state index contributed by atoms with van der Waals surface area (Å²) >= 11 is -1.97. The van der Waals surface area contributed by atoms with Crippen LogP contribution in [0, 0.1) is 32.8 Å². The first-order valence-electron chi connectivity index (χ1n) is 21.2. The van der Waals surface area contributed by atoms with Crippen LogP contribution in [-0.4, -0.2) is 32.8 Å². The van der Waals surface area contributed by atoms with E-state index in [0.29, 0.717) is 23.3 Å². The topological polar surface area (TPSA) is 56.7 Å². The second-order valence-electron chi connectivity index (χ2n) is 16.9. The summed E-state index contributed by atoms with van der Waals surface area (Å²) in [6, 6.07) is 30.6. The van der Waals surface area contributed by atoms with Crippen LogP contribution in [0.15, 0.2) is 95.8 Å². The molecule has 7 heteroatoms. The van der Waals surface area contributed by atoms with E-state index in [0.717, 1.165) is 61.2 Å². The van der Waals surface area contributed by atoms with E-state index in [1.54, 1.807) is 18.2 Å². The molecule has 0 saturated heterocycles. The van der Waals surface area contributed by atoms with Crippen molar-refractivity contribution in [2.45, 2.75) is 97.3 Å². The van der Waals surface area contributed by atoms with E-state index >= 15 is 0 Å². The zero-order valence-electron chi connectivity index (χ0n) is 37.9. The first-order valence-corrected chi connectivity index (χ1v) is 27.0. The summed E-state index contributed by atoms with van der Waals surface area (Å²) in [5.41, 5.74) is 14.1. The fraction of sp³-hybridized carbons (Fsp3) is 0.300. The minimum Gasteiger partial charge on any atom is 0 e. The molecule has 0 fully saturated rings. The van der Waals surface area contributed by atoms with Gasteiger partial charge in [-0.2, -0.15) is 0 Å². The van der Waals surface area contributed by atoms with E-state index in [9.17, 15) is 0 Å². The molecule has 4 aromatic heterocycles. The Morgan fingerprint density at radius 3 is 2.11 bits per heavy atom. The third-order valence-corrected chi connectivity index (χ3v) is 14.8. The largest absolute Gasteiger partial charge is 0 e. The Kier molecular flexibility index (Phi) is 11.3. The van der Waals surface area contributed by atoms with Gasteiger partial charge in [-0.15, -0.1) is 18.2 Å². The molecule has 5 nitrogen and oxygen atoms in total. The summed E-state index contributed by atoms with van der Waals surface area (Å²) < 4.78 is 32.5. The predicted molar refractivity (Wildman–Crippen MR) is 238 cm³/mol. The first-order chi connectivity index (χ1) is 27.8. The van der Waals surface area contributed by atoms with Crippen molar-refractivity contribution < 1.29 is 28.6 Å². The number of aromatic nitrogens is 4. The van der Waals surface area contributed by atoms with Crippen LogP contribution in [0.1, 0.15) is 96.8 Å². The summed E-state index contributed by atoms with van der Waals surface area (Å²) in [7, 11) is 0. The molecule has 0 unspecified atom stereocenters. The third-order valence-electron chi connectivity index (χ3n) is 10.5. The molecule has 0 N–H and O–H groups in total. The molecule has 4 heterocycles. The van der Waals surface area contributed by atoms with Crippen LogP contribution in [0.2, 0.25) is 17.3 Å². The molecule has 8 rings (SSSR count). The molecule has 4 aromatic carbocycles. The molecular weight excluding hydrogens is 937 g/mol. The number of para-hydroxylation sites is 1. The maximum Gasteiger partial charge on any atom is 0 e. The predicted octanol–water partition coefficient (Wildman–Crippen LogP) is 13.2. The van der Waals surface area contributed by atoms with Gasteiger partial charge < -0.3 is 8.98 Å². The van der Waals surface area contributed by atoms with E-state index < -0.39 is 20.1 Å². The summed E-state index contributed by atoms with van der Waals surface area (Å²) in [6.07, 6.45) is 5.81. The number of rotatable bonds is 7. The summed E-state index contributed by atoms with van der Waals surface area (Å²) in [5, 5.41) is 2.18. The first kappa shape index (κ1) is 38.2. The van der Waals surface area contributed by atoms with Crippen molar-refractivity contribution in [3.05, 3.63) is 137 Å². The average molecular weight is 995 g/mol. The summed E-state index contributed by atoms with van der Waals surface area (Å²) in [6.45, 7) is 15.7. The molecule has 0 aliphatic carbocycles. The maximum atomic E-state index is 7.44. The molecule has 0 spiro atoms. The zero-order chi connectivity index (χ0) is 42.6. The fourth-order valence-corrected chi connectivity index (χ4v) is 11.2. The number of hydrogen-bond donors (Lipinski definition) is 0. The van der Waals surface area contributed by atoms with Gasteiger partial charge in [0, 0.05) is 37.4 Å². The van der Waals surface area contributed by atoms with E-state index in [-0.39, 0.29) is 20.1 Å².